The van der Waals surface area contributed by atoms with Gasteiger partial charge in [-0.1, -0.05) is 0 Å². The lowest BCUT2D eigenvalue weighted by Crippen LogP contribution is -2.38. The van der Waals surface area contributed by atoms with Crippen molar-refractivity contribution in [1.82, 2.24) is 5.32 Å². The van der Waals surface area contributed by atoms with Crippen LogP contribution < -0.4 is 11.1 Å². The lowest BCUT2D eigenvalue weighted by atomic mass is 10.1. The van der Waals surface area contributed by atoms with Crippen molar-refractivity contribution in [2.75, 3.05) is 13.1 Å². The summed E-state index contributed by atoms with van der Waals surface area (Å²) in [6.45, 7) is 3.75. The van der Waals surface area contributed by atoms with E-state index in [1.165, 1.54) is 12.8 Å². The largest absolute Gasteiger partial charge is 0.370 e. The summed E-state index contributed by atoms with van der Waals surface area (Å²) in [6, 6.07) is 0.367. The summed E-state index contributed by atoms with van der Waals surface area (Å²) in [4.78, 5) is 4.37. The van der Waals surface area contributed by atoms with E-state index in [2.05, 4.69) is 17.2 Å². The Morgan fingerprint density at radius 1 is 1.64 bits per heavy atom. The molecule has 0 aromatic rings. The molecule has 1 aliphatic rings. The van der Waals surface area contributed by atoms with Crippen molar-refractivity contribution < 1.29 is 0 Å². The van der Waals surface area contributed by atoms with E-state index in [0.29, 0.717) is 12.6 Å². The van der Waals surface area contributed by atoms with Crippen molar-refractivity contribution in [2.24, 2.45) is 10.7 Å². The second kappa shape index (κ2) is 4.34. The van der Waals surface area contributed by atoms with Crippen LogP contribution in [0.2, 0.25) is 0 Å². The number of hydrogen-bond acceptors (Lipinski definition) is 3. The molecular weight excluding hydrogens is 138 g/mol. The van der Waals surface area contributed by atoms with Gasteiger partial charge in [-0.05, 0) is 19.8 Å². The van der Waals surface area contributed by atoms with Crippen molar-refractivity contribution in [1.29, 1.82) is 0 Å². The fourth-order valence-corrected chi connectivity index (χ4v) is 1.16. The molecule has 1 atom stereocenters. The van der Waals surface area contributed by atoms with Crippen LogP contribution in [-0.2, 0) is 0 Å². The van der Waals surface area contributed by atoms with Gasteiger partial charge in [0.15, 0.2) is 0 Å². The summed E-state index contributed by atoms with van der Waals surface area (Å²) in [6.07, 6.45) is 3.61. The zero-order valence-electron chi connectivity index (χ0n) is 7.14. The third-order valence-electron chi connectivity index (χ3n) is 1.89. The van der Waals surface area contributed by atoms with Crippen LogP contribution in [0.3, 0.4) is 0 Å². The molecule has 3 heteroatoms. The maximum atomic E-state index is 5.47. The molecule has 64 valence electrons. The average molecular weight is 155 g/mol. The molecule has 1 heterocycles. The van der Waals surface area contributed by atoms with E-state index in [0.717, 1.165) is 18.8 Å². The Morgan fingerprint density at radius 3 is 3.00 bits per heavy atom. The first-order valence-electron chi connectivity index (χ1n) is 4.33. The number of nitrogens with two attached hydrogens (primary N) is 1. The highest BCUT2D eigenvalue weighted by Gasteiger charge is 2.06. The molecule has 1 aliphatic heterocycles. The van der Waals surface area contributed by atoms with E-state index < -0.39 is 0 Å². The molecule has 0 bridgehead atoms. The van der Waals surface area contributed by atoms with Gasteiger partial charge in [0.05, 0.1) is 5.84 Å². The van der Waals surface area contributed by atoms with E-state index >= 15 is 0 Å². The van der Waals surface area contributed by atoms with E-state index in [1.54, 1.807) is 0 Å². The highest BCUT2D eigenvalue weighted by atomic mass is 15.0. The summed E-state index contributed by atoms with van der Waals surface area (Å²) < 4.78 is 0. The normalized spacial score (nSPS) is 20.7. The van der Waals surface area contributed by atoms with E-state index in [-0.39, 0.29) is 0 Å². The third-order valence-corrected chi connectivity index (χ3v) is 1.89. The summed E-state index contributed by atoms with van der Waals surface area (Å²) in [5.74, 6) is 1.15. The lowest BCUT2D eigenvalue weighted by Gasteiger charge is -2.17. The van der Waals surface area contributed by atoms with E-state index in [4.69, 9.17) is 5.73 Å². The summed E-state index contributed by atoms with van der Waals surface area (Å²) in [5, 5.41) is 3.29. The van der Waals surface area contributed by atoms with Crippen LogP contribution in [-0.4, -0.2) is 25.0 Å². The van der Waals surface area contributed by atoms with E-state index in [1.807, 2.05) is 0 Å². The van der Waals surface area contributed by atoms with E-state index in [9.17, 15) is 0 Å². The van der Waals surface area contributed by atoms with Gasteiger partial charge in [-0.25, -0.2) is 0 Å². The van der Waals surface area contributed by atoms with Gasteiger partial charge in [-0.15, -0.1) is 0 Å². The first kappa shape index (κ1) is 8.53. The summed E-state index contributed by atoms with van der Waals surface area (Å²) >= 11 is 0. The van der Waals surface area contributed by atoms with Crippen LogP contribution in [0.15, 0.2) is 4.99 Å². The van der Waals surface area contributed by atoms with Crippen molar-refractivity contribution in [3.05, 3.63) is 0 Å². The van der Waals surface area contributed by atoms with Gasteiger partial charge in [-0.3, -0.25) is 4.99 Å². The minimum absolute atomic E-state index is 0.367. The maximum Gasteiger partial charge on any atom is 0.0965 e. The first-order valence-corrected chi connectivity index (χ1v) is 4.33. The van der Waals surface area contributed by atoms with Gasteiger partial charge in [0, 0.05) is 25.6 Å². The summed E-state index contributed by atoms with van der Waals surface area (Å²) in [7, 11) is 0. The third kappa shape index (κ3) is 2.89. The second-order valence-corrected chi connectivity index (χ2v) is 3.07. The molecule has 0 fully saturated rings. The molecule has 0 radical (unpaired) electrons. The second-order valence-electron chi connectivity index (χ2n) is 3.07. The molecule has 3 nitrogen and oxygen atoms in total. The smallest absolute Gasteiger partial charge is 0.0965 e. The Labute approximate surface area is 68.1 Å². The molecule has 0 saturated carbocycles. The number of hydrogen-bond donors (Lipinski definition) is 2. The first-order chi connectivity index (χ1) is 5.33. The Hall–Kier alpha value is -0.570. The topological polar surface area (TPSA) is 50.4 Å². The highest BCUT2D eigenvalue weighted by molar-refractivity contribution is 5.82. The number of rotatable bonds is 2. The summed E-state index contributed by atoms with van der Waals surface area (Å²) in [5.41, 5.74) is 5.47. The molecule has 0 spiro atoms. The van der Waals surface area contributed by atoms with Crippen LogP contribution in [0.25, 0.3) is 0 Å². The van der Waals surface area contributed by atoms with Crippen LogP contribution in [0.4, 0.5) is 0 Å². The minimum atomic E-state index is 0.367. The zero-order valence-corrected chi connectivity index (χ0v) is 7.14. The molecule has 1 rings (SSSR count). The molecule has 0 amide bonds. The van der Waals surface area contributed by atoms with Gasteiger partial charge >= 0.3 is 0 Å². The molecular formula is C8H17N3. The predicted octanol–water partition coefficient (Wildman–Crippen LogP) is 0.506. The monoisotopic (exact) mass is 155 g/mol. The van der Waals surface area contributed by atoms with Crippen molar-refractivity contribution in [2.45, 2.75) is 32.2 Å². The standard InChI is InChI=1S/C8H17N3/c1-7(6-9)11-8-4-2-3-5-10-8/h7H,2-6,9H2,1H3,(H,10,11). The number of nitrogens with one attached hydrogen (secondary N) is 1. The van der Waals surface area contributed by atoms with Crippen molar-refractivity contribution in [3.63, 3.8) is 0 Å². The number of nitrogens with zero attached hydrogens (tertiary/aromatic N) is 1. The molecule has 1 unspecified atom stereocenters. The Morgan fingerprint density at radius 2 is 2.45 bits per heavy atom. The van der Waals surface area contributed by atoms with Crippen molar-refractivity contribution in [3.8, 4) is 0 Å². The lowest BCUT2D eigenvalue weighted by molar-refractivity contribution is 0.635. The van der Waals surface area contributed by atoms with Gasteiger partial charge in [0.2, 0.25) is 0 Å². The molecule has 3 N–H and O–H groups in total. The Balaban J connectivity index is 2.29. The van der Waals surface area contributed by atoms with Crippen LogP contribution in [0, 0.1) is 0 Å². The van der Waals surface area contributed by atoms with Gasteiger partial charge in [0.1, 0.15) is 0 Å². The zero-order chi connectivity index (χ0) is 8.10. The Bertz CT molecular complexity index is 142. The fraction of sp³-hybridized carbons (Fsp3) is 0.875. The Kier molecular flexibility index (Phi) is 3.36. The number of amidine groups is 1. The highest BCUT2D eigenvalue weighted by Crippen LogP contribution is 2.04. The van der Waals surface area contributed by atoms with Crippen LogP contribution in [0.1, 0.15) is 26.2 Å². The molecule has 0 saturated heterocycles. The molecule has 11 heavy (non-hydrogen) atoms. The average Bonchev–Trinajstić information content (AvgIpc) is 2.06. The molecule has 0 aromatic carbocycles. The molecule has 0 aromatic heterocycles. The van der Waals surface area contributed by atoms with Crippen LogP contribution in [0.5, 0.6) is 0 Å². The van der Waals surface area contributed by atoms with Gasteiger partial charge in [0.25, 0.3) is 0 Å². The van der Waals surface area contributed by atoms with Crippen molar-refractivity contribution >= 4 is 5.84 Å². The molecule has 0 aliphatic carbocycles. The predicted molar refractivity (Wildman–Crippen MR) is 47.8 cm³/mol. The van der Waals surface area contributed by atoms with Gasteiger partial charge < -0.3 is 11.1 Å². The SMILES string of the molecule is CC(CN)NC1=NCCCC1. The quantitative estimate of drug-likeness (QED) is 0.610. The van der Waals surface area contributed by atoms with Crippen LogP contribution >= 0.6 is 0 Å². The number of aliphatic imine (C=N–C) groups is 1. The minimum Gasteiger partial charge on any atom is -0.370 e. The maximum absolute atomic E-state index is 5.47. The van der Waals surface area contributed by atoms with Gasteiger partial charge in [-0.2, -0.15) is 0 Å². The fourth-order valence-electron chi connectivity index (χ4n) is 1.16.